The van der Waals surface area contributed by atoms with E-state index in [9.17, 15) is 28.6 Å². The van der Waals surface area contributed by atoms with Gasteiger partial charge in [0, 0.05) is 5.38 Å². The number of nitrogens with one attached hydrogen (secondary N) is 1. The molecule has 0 amide bonds. The van der Waals surface area contributed by atoms with Crippen LogP contribution in [0.3, 0.4) is 0 Å². The van der Waals surface area contributed by atoms with Gasteiger partial charge in [0.1, 0.15) is 23.4 Å². The molecule has 3 rings (SSSR count). The maximum atomic E-state index is 12.2. The number of H-pyrrole nitrogens is 1. The molecule has 0 bridgehead atoms. The fourth-order valence-corrected chi connectivity index (χ4v) is 7.23. The SMILES string of the molecule is C[C@@H](OP(=O)(O)OP(=O)(O)OP(=O)(O)O)[C@H]1O[C@@H](n2cnc3c(=S)nc(N)[nH]c32)C(Cl)(C#CCl)[C@H]1O. The molecule has 1 aliphatic heterocycles. The molecule has 1 saturated heterocycles. The number of aliphatic hydroxyl groups is 1. The van der Waals surface area contributed by atoms with Crippen LogP contribution >= 0.6 is 58.9 Å². The van der Waals surface area contributed by atoms with Crippen LogP contribution < -0.4 is 5.73 Å². The van der Waals surface area contributed by atoms with E-state index in [1.54, 1.807) is 0 Å². The summed E-state index contributed by atoms with van der Waals surface area (Å²) in [6.07, 6.45) is -5.20. The maximum Gasteiger partial charge on any atom is 0.490 e. The number of hydrogen-bond acceptors (Lipinski definition) is 12. The Bertz CT molecular complexity index is 1440. The first-order valence-electron chi connectivity index (χ1n) is 9.09. The molecule has 0 aromatic carbocycles. The number of aromatic nitrogens is 4. The van der Waals surface area contributed by atoms with Crippen molar-refractivity contribution < 1.29 is 56.3 Å². The highest BCUT2D eigenvalue weighted by molar-refractivity contribution is 7.71. The number of nitrogen functional groups attached to an aromatic ring is 1. The van der Waals surface area contributed by atoms with Crippen molar-refractivity contribution in [2.45, 2.75) is 36.3 Å². The van der Waals surface area contributed by atoms with Gasteiger partial charge >= 0.3 is 23.5 Å². The lowest BCUT2D eigenvalue weighted by Crippen LogP contribution is -2.43. The Morgan fingerprint density at radius 2 is 1.94 bits per heavy atom. The van der Waals surface area contributed by atoms with Crippen LogP contribution in [0, 0.1) is 15.9 Å². The van der Waals surface area contributed by atoms with Crippen LogP contribution in [0.2, 0.25) is 0 Å². The van der Waals surface area contributed by atoms with Gasteiger partial charge in [-0.2, -0.15) is 8.62 Å². The molecular formula is C13H16Cl2N5O12P3S. The summed E-state index contributed by atoms with van der Waals surface area (Å²) in [6.45, 7) is 1.08. The average Bonchev–Trinajstić information content (AvgIpc) is 3.18. The summed E-state index contributed by atoms with van der Waals surface area (Å²) < 4.78 is 53.7. The molecule has 2 aromatic rings. The molecule has 1 fully saturated rings. The molecule has 0 spiro atoms. The van der Waals surface area contributed by atoms with Gasteiger partial charge in [0.2, 0.25) is 0 Å². The number of halogens is 2. The van der Waals surface area contributed by atoms with Gasteiger partial charge in [0.25, 0.3) is 0 Å². The minimum atomic E-state index is -5.78. The van der Waals surface area contributed by atoms with E-state index in [-0.39, 0.29) is 21.8 Å². The van der Waals surface area contributed by atoms with Crippen LogP contribution in [0.5, 0.6) is 0 Å². The Morgan fingerprint density at radius 3 is 2.53 bits per heavy atom. The van der Waals surface area contributed by atoms with Gasteiger partial charge in [-0.3, -0.25) is 9.09 Å². The predicted molar refractivity (Wildman–Crippen MR) is 124 cm³/mol. The van der Waals surface area contributed by atoms with E-state index >= 15 is 0 Å². The summed E-state index contributed by atoms with van der Waals surface area (Å²) >= 11 is 17.2. The summed E-state index contributed by atoms with van der Waals surface area (Å²) in [5.74, 6) is 2.29. The second kappa shape index (κ2) is 10.3. The Balaban J connectivity index is 1.92. The molecule has 36 heavy (non-hydrogen) atoms. The van der Waals surface area contributed by atoms with Crippen LogP contribution in [0.1, 0.15) is 13.2 Å². The molecule has 3 heterocycles. The highest BCUT2D eigenvalue weighted by atomic mass is 35.5. The number of nitrogens with zero attached hydrogens (tertiary/aromatic N) is 3. The molecule has 2 aromatic heterocycles. The van der Waals surface area contributed by atoms with Crippen molar-refractivity contribution in [1.82, 2.24) is 19.5 Å². The number of nitrogens with two attached hydrogens (primary N) is 1. The first-order chi connectivity index (χ1) is 16.4. The molecule has 17 nitrogen and oxygen atoms in total. The number of ether oxygens (including phenoxy) is 1. The minimum absolute atomic E-state index is 0.0275. The average molecular weight is 630 g/mol. The van der Waals surface area contributed by atoms with E-state index in [2.05, 4.69) is 29.5 Å². The molecule has 1 aliphatic rings. The van der Waals surface area contributed by atoms with E-state index in [0.29, 0.717) is 0 Å². The number of imidazole rings is 1. The number of aliphatic hydroxyl groups excluding tert-OH is 1. The number of rotatable bonds is 8. The Hall–Kier alpha value is -0.960. The molecular weight excluding hydrogens is 614 g/mol. The summed E-state index contributed by atoms with van der Waals surface area (Å²) in [4.78, 5) is 45.0. The zero-order chi connectivity index (χ0) is 27.3. The third-order valence-corrected chi connectivity index (χ3v) is 9.33. The topological polar surface area (TPSA) is 262 Å². The van der Waals surface area contributed by atoms with Crippen molar-refractivity contribution in [2.24, 2.45) is 0 Å². The number of phosphoric acid groups is 3. The largest absolute Gasteiger partial charge is 0.490 e. The van der Waals surface area contributed by atoms with Crippen molar-refractivity contribution in [3.8, 4) is 11.3 Å². The van der Waals surface area contributed by atoms with Crippen LogP contribution in [-0.2, 0) is 31.6 Å². The summed E-state index contributed by atoms with van der Waals surface area (Å²) in [5, 5.41) is 12.9. The third kappa shape index (κ3) is 6.36. The summed E-state index contributed by atoms with van der Waals surface area (Å²) in [5.41, 5.74) is 6.04. The van der Waals surface area contributed by atoms with Gasteiger partial charge in [-0.25, -0.2) is 23.7 Å². The summed E-state index contributed by atoms with van der Waals surface area (Å²) in [7, 11) is -16.9. The monoisotopic (exact) mass is 629 g/mol. The smallest absolute Gasteiger partial charge is 0.387 e. The van der Waals surface area contributed by atoms with Gasteiger partial charge < -0.3 is 40.1 Å². The van der Waals surface area contributed by atoms with Crippen molar-refractivity contribution >= 4 is 76.0 Å². The van der Waals surface area contributed by atoms with Crippen molar-refractivity contribution in [2.75, 3.05) is 5.73 Å². The van der Waals surface area contributed by atoms with Crippen LogP contribution in [0.25, 0.3) is 11.2 Å². The first-order valence-corrected chi connectivity index (χ1v) is 14.8. The van der Waals surface area contributed by atoms with Gasteiger partial charge in [0.15, 0.2) is 21.7 Å². The molecule has 0 saturated carbocycles. The fourth-order valence-electron chi connectivity index (χ4n) is 3.25. The molecule has 23 heteroatoms. The van der Waals surface area contributed by atoms with E-state index in [1.807, 2.05) is 5.38 Å². The van der Waals surface area contributed by atoms with Gasteiger partial charge in [-0.05, 0) is 18.5 Å². The Labute approximate surface area is 215 Å². The Kier molecular flexibility index (Phi) is 8.47. The van der Waals surface area contributed by atoms with E-state index < -0.39 is 52.9 Å². The number of alkyl halides is 1. The van der Waals surface area contributed by atoms with E-state index in [4.69, 9.17) is 60.2 Å². The zero-order valence-electron chi connectivity index (χ0n) is 17.4. The lowest BCUT2D eigenvalue weighted by molar-refractivity contribution is -0.0728. The number of anilines is 1. The van der Waals surface area contributed by atoms with Crippen molar-refractivity contribution in [3.63, 3.8) is 0 Å². The maximum absolute atomic E-state index is 12.2. The highest BCUT2D eigenvalue weighted by Gasteiger charge is 2.58. The van der Waals surface area contributed by atoms with Crippen molar-refractivity contribution in [1.29, 1.82) is 0 Å². The second-order valence-electron chi connectivity index (χ2n) is 7.06. The Morgan fingerprint density at radius 1 is 1.31 bits per heavy atom. The molecule has 3 unspecified atom stereocenters. The fraction of sp³-hybridized carbons (Fsp3) is 0.462. The molecule has 8 N–H and O–H groups in total. The van der Waals surface area contributed by atoms with Crippen LogP contribution in [0.4, 0.5) is 5.95 Å². The van der Waals surface area contributed by atoms with Gasteiger partial charge in [-0.1, -0.05) is 29.7 Å². The standard InChI is InChI=1S/C13H16Cl2N5O12P3S/c1-5(30-34(25,26)32-35(27,28)31-33(22,23)24)7-8(21)13(15,2-3-14)11(29-7)20-4-17-6-9(20)18-12(16)19-10(6)36/h4-5,7-8,11,21H,1H3,(H,25,26)(H,27,28)(H2,22,23,24)(H3,16,18,19,36)/t5-,7-,8+,11-,13?/m1/s1. The third-order valence-electron chi connectivity index (χ3n) is 4.52. The summed E-state index contributed by atoms with van der Waals surface area (Å²) in [6, 6.07) is 0. The number of aromatic amines is 1. The quantitative estimate of drug-likeness (QED) is 0.0936. The molecule has 0 aliphatic carbocycles. The molecule has 200 valence electrons. The zero-order valence-corrected chi connectivity index (χ0v) is 22.4. The van der Waals surface area contributed by atoms with Crippen molar-refractivity contribution in [3.05, 3.63) is 11.0 Å². The normalized spacial score (nSPS) is 28.7. The molecule has 7 atom stereocenters. The van der Waals surface area contributed by atoms with Crippen LogP contribution in [-0.4, -0.2) is 67.4 Å². The van der Waals surface area contributed by atoms with Gasteiger partial charge in [-0.15, -0.1) is 0 Å². The lowest BCUT2D eigenvalue weighted by Gasteiger charge is -2.26. The van der Waals surface area contributed by atoms with E-state index in [1.165, 1.54) is 10.9 Å². The predicted octanol–water partition coefficient (Wildman–Crippen LogP) is 1.24. The molecule has 0 radical (unpaired) electrons. The van der Waals surface area contributed by atoms with Gasteiger partial charge in [0.05, 0.1) is 12.4 Å². The number of hydrogen-bond donors (Lipinski definition) is 7. The van der Waals surface area contributed by atoms with E-state index in [0.717, 1.165) is 6.92 Å². The number of fused-ring (bicyclic) bond motifs is 1. The lowest BCUT2D eigenvalue weighted by atomic mass is 9.97. The number of phosphoric ester groups is 1. The minimum Gasteiger partial charge on any atom is -0.387 e. The first kappa shape index (κ1) is 29.6. The second-order valence-corrected chi connectivity index (χ2v) is 12.6. The highest BCUT2D eigenvalue weighted by Crippen LogP contribution is 2.66. The van der Waals surface area contributed by atoms with Crippen LogP contribution in [0.15, 0.2) is 6.33 Å².